The predicted octanol–water partition coefficient (Wildman–Crippen LogP) is 2.42. The summed E-state index contributed by atoms with van der Waals surface area (Å²) in [6.07, 6.45) is 0.666. The van der Waals surface area contributed by atoms with Crippen LogP contribution in [-0.4, -0.2) is 54.9 Å². The van der Waals surface area contributed by atoms with Gasteiger partial charge in [-0.2, -0.15) is 4.31 Å². The summed E-state index contributed by atoms with van der Waals surface area (Å²) in [6.45, 7) is 2.72. The van der Waals surface area contributed by atoms with Crippen LogP contribution in [0.25, 0.3) is 0 Å². The fraction of sp³-hybridized carbons (Fsp3) is 0.316. The summed E-state index contributed by atoms with van der Waals surface area (Å²) >= 11 is 0. The van der Waals surface area contributed by atoms with Crippen LogP contribution >= 0.6 is 0 Å². The molecule has 1 heterocycles. The highest BCUT2D eigenvalue weighted by Gasteiger charge is 2.28. The van der Waals surface area contributed by atoms with Gasteiger partial charge in [-0.05, 0) is 36.7 Å². The van der Waals surface area contributed by atoms with Gasteiger partial charge in [-0.25, -0.2) is 17.6 Å². The van der Waals surface area contributed by atoms with Crippen LogP contribution in [0.3, 0.4) is 0 Å². The van der Waals surface area contributed by atoms with E-state index in [4.69, 9.17) is 5.11 Å². The van der Waals surface area contributed by atoms with Gasteiger partial charge in [0.2, 0.25) is 10.0 Å². The highest BCUT2D eigenvalue weighted by molar-refractivity contribution is 7.89. The number of carbonyl (C=O) groups is 1. The van der Waals surface area contributed by atoms with Gasteiger partial charge >= 0.3 is 5.97 Å². The molecule has 2 aromatic carbocycles. The molecule has 0 aliphatic carbocycles. The van der Waals surface area contributed by atoms with Crippen molar-refractivity contribution in [1.82, 2.24) is 9.21 Å². The number of nitrogens with zero attached hydrogens (tertiary/aromatic N) is 2. The molecule has 0 bridgehead atoms. The summed E-state index contributed by atoms with van der Waals surface area (Å²) in [6, 6.07) is 12.8. The van der Waals surface area contributed by atoms with Gasteiger partial charge in [0.1, 0.15) is 5.82 Å². The molecule has 0 radical (unpaired) electrons. The molecule has 1 aliphatic rings. The Labute approximate surface area is 157 Å². The zero-order chi connectivity index (χ0) is 19.4. The quantitative estimate of drug-likeness (QED) is 0.846. The lowest BCUT2D eigenvalue weighted by Gasteiger charge is -2.22. The smallest absolute Gasteiger partial charge is 0.338 e. The van der Waals surface area contributed by atoms with Crippen molar-refractivity contribution < 1.29 is 22.7 Å². The van der Waals surface area contributed by atoms with E-state index < -0.39 is 27.4 Å². The number of hydrogen-bond acceptors (Lipinski definition) is 4. The molecule has 8 heteroatoms. The number of halogens is 1. The molecular formula is C19H21FN2O4S. The summed E-state index contributed by atoms with van der Waals surface area (Å²) in [4.78, 5) is 13.1. The highest BCUT2D eigenvalue weighted by atomic mass is 32.2. The summed E-state index contributed by atoms with van der Waals surface area (Å²) in [5, 5.41) is 9.03. The van der Waals surface area contributed by atoms with Crippen molar-refractivity contribution in [2.75, 3.05) is 26.2 Å². The molecule has 0 saturated carbocycles. The molecule has 6 nitrogen and oxygen atoms in total. The molecule has 0 spiro atoms. The van der Waals surface area contributed by atoms with Gasteiger partial charge in [-0.1, -0.05) is 30.3 Å². The molecule has 0 atom stereocenters. The zero-order valence-electron chi connectivity index (χ0n) is 14.7. The van der Waals surface area contributed by atoms with Crippen molar-refractivity contribution in [2.45, 2.75) is 17.9 Å². The third-order valence-electron chi connectivity index (χ3n) is 4.60. The van der Waals surface area contributed by atoms with Gasteiger partial charge in [0.05, 0.1) is 10.5 Å². The maximum Gasteiger partial charge on any atom is 0.338 e. The standard InChI is InChI=1S/C19H21FN2O4S/c20-18-8-7-16(13-17(18)19(23)24)27(25,26)22-10-4-9-21(11-12-22)14-15-5-2-1-3-6-15/h1-3,5-8,13H,4,9-12,14H2,(H,23,24). The zero-order valence-corrected chi connectivity index (χ0v) is 15.5. The molecule has 0 aromatic heterocycles. The van der Waals surface area contributed by atoms with E-state index in [1.807, 2.05) is 30.3 Å². The van der Waals surface area contributed by atoms with Gasteiger partial charge in [0, 0.05) is 26.2 Å². The molecular weight excluding hydrogens is 371 g/mol. The Kier molecular flexibility index (Phi) is 5.88. The minimum absolute atomic E-state index is 0.196. The SMILES string of the molecule is O=C(O)c1cc(S(=O)(=O)N2CCCN(Cc3ccccc3)CC2)ccc1F. The Morgan fingerprint density at radius 1 is 1.04 bits per heavy atom. The topological polar surface area (TPSA) is 77.9 Å². The van der Waals surface area contributed by atoms with Crippen molar-refractivity contribution in [3.8, 4) is 0 Å². The molecule has 1 saturated heterocycles. The molecule has 1 aliphatic heterocycles. The van der Waals surface area contributed by atoms with Crippen LogP contribution in [0, 0.1) is 5.82 Å². The fourth-order valence-electron chi connectivity index (χ4n) is 3.17. The van der Waals surface area contributed by atoms with Gasteiger partial charge in [-0.3, -0.25) is 4.90 Å². The number of aromatic carboxylic acids is 1. The summed E-state index contributed by atoms with van der Waals surface area (Å²) < 4.78 is 40.7. The molecule has 1 fully saturated rings. The third kappa shape index (κ3) is 4.52. The van der Waals surface area contributed by atoms with E-state index in [1.54, 1.807) is 0 Å². The molecule has 0 amide bonds. The second kappa shape index (κ2) is 8.16. The average molecular weight is 392 g/mol. The molecule has 0 unspecified atom stereocenters. The van der Waals surface area contributed by atoms with E-state index in [2.05, 4.69) is 4.90 Å². The summed E-state index contributed by atoms with van der Waals surface area (Å²) in [7, 11) is -3.88. The van der Waals surface area contributed by atoms with E-state index in [0.29, 0.717) is 26.1 Å². The normalized spacial score (nSPS) is 16.8. The van der Waals surface area contributed by atoms with Crippen molar-refractivity contribution in [3.05, 3.63) is 65.5 Å². The number of sulfonamides is 1. The van der Waals surface area contributed by atoms with Crippen molar-refractivity contribution in [1.29, 1.82) is 0 Å². The first-order valence-electron chi connectivity index (χ1n) is 8.67. The van der Waals surface area contributed by atoms with Crippen molar-refractivity contribution in [3.63, 3.8) is 0 Å². The Bertz CT molecular complexity index is 919. The third-order valence-corrected chi connectivity index (χ3v) is 6.50. The Morgan fingerprint density at radius 2 is 1.78 bits per heavy atom. The van der Waals surface area contributed by atoms with Crippen molar-refractivity contribution in [2.24, 2.45) is 0 Å². The van der Waals surface area contributed by atoms with Crippen molar-refractivity contribution >= 4 is 16.0 Å². The largest absolute Gasteiger partial charge is 0.478 e. The number of carboxylic acids is 1. The summed E-state index contributed by atoms with van der Waals surface area (Å²) in [5.74, 6) is -2.44. The molecule has 2 aromatic rings. The highest BCUT2D eigenvalue weighted by Crippen LogP contribution is 2.21. The predicted molar refractivity (Wildman–Crippen MR) is 98.5 cm³/mol. The summed E-state index contributed by atoms with van der Waals surface area (Å²) in [5.41, 5.74) is 0.523. The van der Waals surface area contributed by atoms with Gasteiger partial charge in [-0.15, -0.1) is 0 Å². The Hall–Kier alpha value is -2.29. The molecule has 27 heavy (non-hydrogen) atoms. The van der Waals surface area contributed by atoms with E-state index >= 15 is 0 Å². The van der Waals surface area contributed by atoms with Crippen LogP contribution in [0.2, 0.25) is 0 Å². The monoisotopic (exact) mass is 392 g/mol. The van der Waals surface area contributed by atoms with Crippen LogP contribution in [0.4, 0.5) is 4.39 Å². The second-order valence-corrected chi connectivity index (χ2v) is 8.40. The first-order valence-corrected chi connectivity index (χ1v) is 10.1. The first kappa shape index (κ1) is 19.5. The van der Waals surface area contributed by atoms with Crippen LogP contribution in [0.15, 0.2) is 53.4 Å². The lowest BCUT2D eigenvalue weighted by molar-refractivity contribution is 0.0691. The molecule has 3 rings (SSSR count). The number of hydrogen-bond donors (Lipinski definition) is 1. The minimum Gasteiger partial charge on any atom is -0.478 e. The van der Waals surface area contributed by atoms with Crippen LogP contribution in [-0.2, 0) is 16.6 Å². The number of benzene rings is 2. The van der Waals surface area contributed by atoms with E-state index in [0.717, 1.165) is 31.3 Å². The van der Waals surface area contributed by atoms with E-state index in [9.17, 15) is 17.6 Å². The number of carboxylic acid groups (broad SMARTS) is 1. The fourth-order valence-corrected chi connectivity index (χ4v) is 4.66. The van der Waals surface area contributed by atoms with Crippen LogP contribution in [0.1, 0.15) is 22.3 Å². The van der Waals surface area contributed by atoms with Gasteiger partial charge in [0.15, 0.2) is 0 Å². The number of rotatable bonds is 5. The van der Waals surface area contributed by atoms with E-state index in [1.165, 1.54) is 9.87 Å². The second-order valence-electron chi connectivity index (χ2n) is 6.47. The van der Waals surface area contributed by atoms with E-state index in [-0.39, 0.29) is 4.90 Å². The molecule has 1 N–H and O–H groups in total. The lowest BCUT2D eigenvalue weighted by Crippen LogP contribution is -2.35. The Morgan fingerprint density at radius 3 is 2.48 bits per heavy atom. The van der Waals surface area contributed by atoms with Gasteiger partial charge in [0.25, 0.3) is 0 Å². The van der Waals surface area contributed by atoms with Crippen LogP contribution in [0.5, 0.6) is 0 Å². The Balaban J connectivity index is 1.74. The average Bonchev–Trinajstić information content (AvgIpc) is 2.88. The van der Waals surface area contributed by atoms with Crippen LogP contribution < -0.4 is 0 Å². The maximum atomic E-state index is 13.6. The molecule has 144 valence electrons. The maximum absolute atomic E-state index is 13.6. The minimum atomic E-state index is -3.88. The first-order chi connectivity index (χ1) is 12.9. The van der Waals surface area contributed by atoms with Gasteiger partial charge < -0.3 is 5.11 Å². The lowest BCUT2D eigenvalue weighted by atomic mass is 10.2.